The highest BCUT2D eigenvalue weighted by atomic mass is 35.5. The Morgan fingerprint density at radius 3 is 2.79 bits per heavy atom. The van der Waals surface area contributed by atoms with Gasteiger partial charge in [0.1, 0.15) is 24.2 Å². The third-order valence-corrected chi connectivity index (χ3v) is 5.28. The second kappa shape index (κ2) is 8.82. The van der Waals surface area contributed by atoms with Crippen LogP contribution in [0, 0.1) is 0 Å². The van der Waals surface area contributed by atoms with Crippen molar-refractivity contribution in [1.29, 1.82) is 0 Å². The van der Waals surface area contributed by atoms with E-state index in [1.807, 2.05) is 53.4 Å². The van der Waals surface area contributed by atoms with Gasteiger partial charge >= 0.3 is 0 Å². The maximum absolute atomic E-state index is 6.47. The van der Waals surface area contributed by atoms with Gasteiger partial charge in [0, 0.05) is 19.0 Å². The second-order valence-electron chi connectivity index (χ2n) is 6.47. The zero-order chi connectivity index (χ0) is 20.2. The molecule has 0 unspecified atom stereocenters. The van der Waals surface area contributed by atoms with Gasteiger partial charge in [-0.25, -0.2) is 0 Å². The van der Waals surface area contributed by atoms with Gasteiger partial charge in [0.2, 0.25) is 0 Å². The average Bonchev–Trinajstić information content (AvgIpc) is 3.37. The van der Waals surface area contributed by atoms with Crippen LogP contribution in [0.25, 0.3) is 0 Å². The standard InChI is InChI=1S/C21H20ClN3O3S/c1-26-11-12-28-17-8-7-14(13-15(17)22)25-20(18-6-4-10-27-18)19(24-21(25)29)16-5-2-3-9-23-16/h2-10,13,19-20H,11-12H2,1H3,(H,24,29)/t19-,20-/m0/s1. The highest BCUT2D eigenvalue weighted by Crippen LogP contribution is 2.43. The molecule has 0 saturated carbocycles. The van der Waals surface area contributed by atoms with Crippen molar-refractivity contribution in [1.82, 2.24) is 10.3 Å². The molecule has 0 amide bonds. The molecule has 29 heavy (non-hydrogen) atoms. The first-order valence-corrected chi connectivity index (χ1v) is 9.93. The van der Waals surface area contributed by atoms with Gasteiger partial charge in [0.05, 0.1) is 29.6 Å². The van der Waals surface area contributed by atoms with Gasteiger partial charge in [-0.15, -0.1) is 0 Å². The Balaban J connectivity index is 1.68. The van der Waals surface area contributed by atoms with E-state index in [9.17, 15) is 0 Å². The fourth-order valence-electron chi connectivity index (χ4n) is 3.37. The van der Waals surface area contributed by atoms with Crippen LogP contribution in [0.4, 0.5) is 5.69 Å². The van der Waals surface area contributed by atoms with E-state index in [-0.39, 0.29) is 12.1 Å². The molecule has 0 spiro atoms. The molecule has 1 N–H and O–H groups in total. The Morgan fingerprint density at radius 2 is 2.10 bits per heavy atom. The van der Waals surface area contributed by atoms with E-state index in [2.05, 4.69) is 10.3 Å². The molecule has 1 saturated heterocycles. The van der Waals surface area contributed by atoms with E-state index in [0.29, 0.717) is 29.1 Å². The van der Waals surface area contributed by atoms with Crippen molar-refractivity contribution in [2.75, 3.05) is 25.2 Å². The molecule has 1 aliphatic heterocycles. The lowest BCUT2D eigenvalue weighted by molar-refractivity contribution is 0.146. The number of methoxy groups -OCH3 is 1. The summed E-state index contributed by atoms with van der Waals surface area (Å²) >= 11 is 12.1. The number of nitrogens with one attached hydrogen (secondary N) is 1. The van der Waals surface area contributed by atoms with E-state index in [4.69, 9.17) is 37.7 Å². The highest BCUT2D eigenvalue weighted by Gasteiger charge is 2.42. The Bertz CT molecular complexity index is 969. The van der Waals surface area contributed by atoms with Crippen molar-refractivity contribution in [2.24, 2.45) is 0 Å². The maximum atomic E-state index is 6.47. The molecule has 150 valence electrons. The Morgan fingerprint density at radius 1 is 1.21 bits per heavy atom. The lowest BCUT2D eigenvalue weighted by atomic mass is 10.0. The molecule has 1 fully saturated rings. The number of benzene rings is 1. The third kappa shape index (κ3) is 4.07. The number of ether oxygens (including phenoxy) is 2. The Kier molecular flexibility index (Phi) is 5.99. The molecule has 1 aromatic carbocycles. The summed E-state index contributed by atoms with van der Waals surface area (Å²) in [6.07, 6.45) is 3.43. The molecule has 2 aromatic heterocycles. The van der Waals surface area contributed by atoms with Gasteiger partial charge in [-0.2, -0.15) is 0 Å². The molecule has 0 bridgehead atoms. The minimum absolute atomic E-state index is 0.161. The molecular weight excluding hydrogens is 410 g/mol. The first-order valence-electron chi connectivity index (χ1n) is 9.14. The van der Waals surface area contributed by atoms with E-state index < -0.39 is 0 Å². The van der Waals surface area contributed by atoms with E-state index in [0.717, 1.165) is 17.1 Å². The predicted molar refractivity (Wildman–Crippen MR) is 115 cm³/mol. The van der Waals surface area contributed by atoms with Crippen molar-refractivity contribution < 1.29 is 13.9 Å². The van der Waals surface area contributed by atoms with Crippen LogP contribution in [0.3, 0.4) is 0 Å². The minimum Gasteiger partial charge on any atom is -0.490 e. The summed E-state index contributed by atoms with van der Waals surface area (Å²) in [6, 6.07) is 14.9. The largest absolute Gasteiger partial charge is 0.490 e. The van der Waals surface area contributed by atoms with Crippen molar-refractivity contribution in [3.05, 3.63) is 77.5 Å². The Hall–Kier alpha value is -2.61. The van der Waals surface area contributed by atoms with Crippen LogP contribution in [0.15, 0.2) is 65.4 Å². The number of halogens is 1. The molecule has 0 aliphatic carbocycles. The van der Waals surface area contributed by atoms with Gasteiger partial charge in [-0.1, -0.05) is 17.7 Å². The maximum Gasteiger partial charge on any atom is 0.174 e. The molecule has 2 atom stereocenters. The molecule has 3 heterocycles. The molecule has 3 aromatic rings. The summed E-state index contributed by atoms with van der Waals surface area (Å²) < 4.78 is 16.4. The number of furan rings is 1. The number of hydrogen-bond donors (Lipinski definition) is 1. The highest BCUT2D eigenvalue weighted by molar-refractivity contribution is 7.80. The van der Waals surface area contributed by atoms with Crippen LogP contribution in [-0.2, 0) is 4.74 Å². The number of thiocarbonyl (C=S) groups is 1. The second-order valence-corrected chi connectivity index (χ2v) is 7.26. The van der Waals surface area contributed by atoms with Crippen LogP contribution in [0.1, 0.15) is 23.5 Å². The van der Waals surface area contributed by atoms with Crippen LogP contribution in [-0.4, -0.2) is 30.4 Å². The van der Waals surface area contributed by atoms with E-state index >= 15 is 0 Å². The summed E-state index contributed by atoms with van der Waals surface area (Å²) in [5, 5.41) is 4.45. The minimum atomic E-state index is -0.205. The molecule has 0 radical (unpaired) electrons. The SMILES string of the molecule is COCCOc1ccc(N2C(=S)N[C@@H](c3ccccn3)[C@@H]2c2ccco2)cc1Cl. The predicted octanol–water partition coefficient (Wildman–Crippen LogP) is 4.53. The molecule has 8 heteroatoms. The van der Waals surface area contributed by atoms with Crippen molar-refractivity contribution >= 4 is 34.6 Å². The van der Waals surface area contributed by atoms with Gasteiger partial charge < -0.3 is 24.1 Å². The number of hydrogen-bond acceptors (Lipinski definition) is 5. The number of pyridine rings is 1. The topological polar surface area (TPSA) is 59.8 Å². The van der Waals surface area contributed by atoms with Gasteiger partial charge in [0.25, 0.3) is 0 Å². The molecule has 4 rings (SSSR count). The van der Waals surface area contributed by atoms with E-state index in [1.165, 1.54) is 0 Å². The quantitative estimate of drug-likeness (QED) is 0.437. The summed E-state index contributed by atoms with van der Waals surface area (Å²) in [5.74, 6) is 1.38. The number of anilines is 1. The number of rotatable bonds is 7. The smallest absolute Gasteiger partial charge is 0.174 e. The summed E-state index contributed by atoms with van der Waals surface area (Å²) in [4.78, 5) is 6.51. The van der Waals surface area contributed by atoms with Gasteiger partial charge in [-0.05, 0) is 54.7 Å². The molecule has 1 aliphatic rings. The summed E-state index contributed by atoms with van der Waals surface area (Å²) in [5.41, 5.74) is 1.72. The molecular formula is C21H20ClN3O3S. The van der Waals surface area contributed by atoms with Crippen molar-refractivity contribution in [3.8, 4) is 5.75 Å². The number of nitrogens with zero attached hydrogens (tertiary/aromatic N) is 2. The average molecular weight is 430 g/mol. The fourth-order valence-corrected chi connectivity index (χ4v) is 3.95. The summed E-state index contributed by atoms with van der Waals surface area (Å²) in [7, 11) is 1.63. The summed E-state index contributed by atoms with van der Waals surface area (Å²) in [6.45, 7) is 0.917. The third-order valence-electron chi connectivity index (χ3n) is 4.67. The number of aromatic nitrogens is 1. The zero-order valence-corrected chi connectivity index (χ0v) is 17.3. The molecule has 6 nitrogen and oxygen atoms in total. The van der Waals surface area contributed by atoms with E-state index in [1.54, 1.807) is 19.6 Å². The van der Waals surface area contributed by atoms with Crippen LogP contribution in [0.5, 0.6) is 5.75 Å². The first kappa shape index (κ1) is 19.7. The van der Waals surface area contributed by atoms with Gasteiger partial charge in [0.15, 0.2) is 5.11 Å². The van der Waals surface area contributed by atoms with Crippen LogP contribution < -0.4 is 15.0 Å². The van der Waals surface area contributed by atoms with Crippen molar-refractivity contribution in [2.45, 2.75) is 12.1 Å². The monoisotopic (exact) mass is 429 g/mol. The lowest BCUT2D eigenvalue weighted by Gasteiger charge is -2.26. The fraction of sp³-hybridized carbons (Fsp3) is 0.238. The normalized spacial score (nSPS) is 18.7. The van der Waals surface area contributed by atoms with Crippen LogP contribution >= 0.6 is 23.8 Å². The first-order chi connectivity index (χ1) is 14.2. The van der Waals surface area contributed by atoms with Crippen molar-refractivity contribution in [3.63, 3.8) is 0 Å². The Labute approximate surface area is 179 Å². The lowest BCUT2D eigenvalue weighted by Crippen LogP contribution is -2.29. The zero-order valence-electron chi connectivity index (χ0n) is 15.7. The van der Waals surface area contributed by atoms with Gasteiger partial charge in [-0.3, -0.25) is 4.98 Å². The van der Waals surface area contributed by atoms with Crippen LogP contribution in [0.2, 0.25) is 5.02 Å².